The predicted octanol–water partition coefficient (Wildman–Crippen LogP) is 5.40. The lowest BCUT2D eigenvalue weighted by atomic mass is 9.86. The fourth-order valence-electron chi connectivity index (χ4n) is 6.62. The number of hydrogen-bond donors (Lipinski definition) is 1. The van der Waals surface area contributed by atoms with Gasteiger partial charge in [0.15, 0.2) is 5.82 Å². The molecule has 41 heavy (non-hydrogen) atoms. The Morgan fingerprint density at radius 2 is 1.93 bits per heavy atom. The molecule has 2 atom stereocenters. The van der Waals surface area contributed by atoms with Gasteiger partial charge in [0.25, 0.3) is 0 Å². The molecule has 0 bridgehead atoms. The summed E-state index contributed by atoms with van der Waals surface area (Å²) in [6.07, 6.45) is 2.95. The van der Waals surface area contributed by atoms with E-state index in [1.807, 2.05) is 44.4 Å². The van der Waals surface area contributed by atoms with Crippen molar-refractivity contribution in [3.63, 3.8) is 0 Å². The molecule has 0 aliphatic carbocycles. The fourth-order valence-corrected chi connectivity index (χ4v) is 6.62. The van der Waals surface area contributed by atoms with Crippen LogP contribution in [0.4, 0.5) is 9.18 Å². The highest BCUT2D eigenvalue weighted by molar-refractivity contribution is 6.07. The minimum Gasteiger partial charge on any atom is -0.447 e. The number of benzene rings is 2. The Morgan fingerprint density at radius 3 is 2.61 bits per heavy atom. The SMILES string of the molecule is Cc1nnn(C)c1-c1cnc2c3ccc(C4(C)COC(=O)N4)c(F)c3n([C@H](c3ccccc3)C3CCOCC3)c2c1. The number of cyclic esters (lactones) is 1. The molecule has 2 aliphatic rings. The molecular formula is C31H31FN6O3. The van der Waals surface area contributed by atoms with Crippen molar-refractivity contribution < 1.29 is 18.7 Å². The van der Waals surface area contributed by atoms with Crippen LogP contribution in [-0.2, 0) is 22.1 Å². The molecular weight excluding hydrogens is 523 g/mol. The quantitative estimate of drug-likeness (QED) is 0.312. The number of carbonyl (C=O) groups is 1. The lowest BCUT2D eigenvalue weighted by Crippen LogP contribution is -2.38. The summed E-state index contributed by atoms with van der Waals surface area (Å²) in [5.74, 6) is -0.177. The maximum absolute atomic E-state index is 17.0. The van der Waals surface area contributed by atoms with Crippen molar-refractivity contribution in [2.75, 3.05) is 19.8 Å². The van der Waals surface area contributed by atoms with Gasteiger partial charge in [-0.2, -0.15) is 0 Å². The second kappa shape index (κ2) is 9.66. The zero-order valence-electron chi connectivity index (χ0n) is 23.2. The molecule has 9 nitrogen and oxygen atoms in total. The van der Waals surface area contributed by atoms with Crippen LogP contribution < -0.4 is 5.32 Å². The van der Waals surface area contributed by atoms with E-state index in [4.69, 9.17) is 14.5 Å². The van der Waals surface area contributed by atoms with Crippen LogP contribution in [0.1, 0.15) is 42.6 Å². The summed E-state index contributed by atoms with van der Waals surface area (Å²) in [5.41, 5.74) is 4.99. The van der Waals surface area contributed by atoms with Crippen LogP contribution >= 0.6 is 0 Å². The maximum atomic E-state index is 17.0. The maximum Gasteiger partial charge on any atom is 0.408 e. The van der Waals surface area contributed by atoms with Crippen LogP contribution in [0.3, 0.4) is 0 Å². The van der Waals surface area contributed by atoms with Gasteiger partial charge < -0.3 is 19.4 Å². The van der Waals surface area contributed by atoms with Gasteiger partial charge in [-0.1, -0.05) is 47.7 Å². The zero-order valence-corrected chi connectivity index (χ0v) is 23.2. The predicted molar refractivity (Wildman–Crippen MR) is 152 cm³/mol. The largest absolute Gasteiger partial charge is 0.447 e. The monoisotopic (exact) mass is 554 g/mol. The average Bonchev–Trinajstić information content (AvgIpc) is 3.62. The summed E-state index contributed by atoms with van der Waals surface area (Å²) in [7, 11) is 1.86. The second-order valence-corrected chi connectivity index (χ2v) is 11.3. The number of nitrogens with one attached hydrogen (secondary N) is 1. The number of carbonyl (C=O) groups excluding carboxylic acids is 1. The number of halogens is 1. The minimum atomic E-state index is -0.992. The van der Waals surface area contributed by atoms with E-state index in [1.165, 1.54) is 0 Å². The highest BCUT2D eigenvalue weighted by Crippen LogP contribution is 2.43. The number of fused-ring (bicyclic) bond motifs is 3. The van der Waals surface area contributed by atoms with E-state index in [9.17, 15) is 4.79 Å². The Labute approximate surface area is 236 Å². The number of aromatic nitrogens is 5. The van der Waals surface area contributed by atoms with E-state index in [1.54, 1.807) is 17.7 Å². The van der Waals surface area contributed by atoms with Crippen molar-refractivity contribution in [3.8, 4) is 11.3 Å². The van der Waals surface area contributed by atoms with Crippen molar-refractivity contribution >= 4 is 28.0 Å². The van der Waals surface area contributed by atoms with Crippen molar-refractivity contribution in [3.05, 3.63) is 77.4 Å². The molecule has 1 N–H and O–H groups in total. The van der Waals surface area contributed by atoms with Gasteiger partial charge >= 0.3 is 6.09 Å². The Balaban J connectivity index is 1.57. The summed E-state index contributed by atoms with van der Waals surface area (Å²) in [6.45, 7) is 5.07. The third kappa shape index (κ3) is 4.08. The van der Waals surface area contributed by atoms with E-state index in [-0.39, 0.29) is 24.4 Å². The summed E-state index contributed by atoms with van der Waals surface area (Å²) in [4.78, 5) is 16.9. The Morgan fingerprint density at radius 1 is 1.15 bits per heavy atom. The molecule has 1 unspecified atom stereocenters. The first-order chi connectivity index (χ1) is 19.9. The lowest BCUT2D eigenvalue weighted by molar-refractivity contribution is 0.0552. The highest BCUT2D eigenvalue weighted by atomic mass is 19.1. The number of amides is 1. The number of nitrogens with zero attached hydrogens (tertiary/aromatic N) is 5. The summed E-state index contributed by atoms with van der Waals surface area (Å²) < 4.78 is 31.8. The number of aryl methyl sites for hydroxylation is 2. The molecule has 1 amide bonds. The third-order valence-electron chi connectivity index (χ3n) is 8.60. The van der Waals surface area contributed by atoms with Gasteiger partial charge in [-0.3, -0.25) is 4.98 Å². The van der Waals surface area contributed by atoms with Crippen molar-refractivity contribution in [2.45, 2.75) is 38.3 Å². The number of pyridine rings is 1. The Kier molecular flexibility index (Phi) is 6.04. The zero-order chi connectivity index (χ0) is 28.3. The molecule has 0 spiro atoms. The lowest BCUT2D eigenvalue weighted by Gasteiger charge is -2.33. The van der Waals surface area contributed by atoms with Gasteiger partial charge in [0.2, 0.25) is 0 Å². The molecule has 0 saturated carbocycles. The van der Waals surface area contributed by atoms with Crippen LogP contribution in [0.2, 0.25) is 0 Å². The molecule has 2 aromatic carbocycles. The smallest absolute Gasteiger partial charge is 0.408 e. The van der Waals surface area contributed by atoms with Gasteiger partial charge in [-0.25, -0.2) is 13.9 Å². The van der Waals surface area contributed by atoms with Crippen molar-refractivity contribution in [2.24, 2.45) is 13.0 Å². The number of ether oxygens (including phenoxy) is 2. The van der Waals surface area contributed by atoms with Crippen LogP contribution in [0, 0.1) is 18.7 Å². The van der Waals surface area contributed by atoms with Gasteiger partial charge in [-0.05, 0) is 44.2 Å². The normalized spacial score (nSPS) is 20.4. The summed E-state index contributed by atoms with van der Waals surface area (Å²) >= 11 is 0. The number of rotatable bonds is 5. The summed E-state index contributed by atoms with van der Waals surface area (Å²) in [5, 5.41) is 12.0. The Hall–Kier alpha value is -4.31. The topological polar surface area (TPSA) is 96.1 Å². The summed E-state index contributed by atoms with van der Waals surface area (Å²) in [6, 6.07) is 15.8. The average molecular weight is 555 g/mol. The number of alkyl carbamates (subject to hydrolysis) is 1. The standard InChI is InChI=1S/C31H31FN6O3/c1-18-27(37(3)36-35-18)21-15-24-26(33-16-21)22-9-10-23(31(2)17-41-30(39)34-31)25(32)29(22)38(24)28(19-7-5-4-6-8-19)20-11-13-40-14-12-20/h4-10,15-16,20,28H,11-14,17H2,1-3H3,(H,34,39)/t28-,31?/m1/s1. The van der Waals surface area contributed by atoms with Crippen molar-refractivity contribution in [1.29, 1.82) is 0 Å². The highest BCUT2D eigenvalue weighted by Gasteiger charge is 2.40. The second-order valence-electron chi connectivity index (χ2n) is 11.3. The molecule has 210 valence electrons. The number of hydrogen-bond acceptors (Lipinski definition) is 6. The van der Waals surface area contributed by atoms with Crippen molar-refractivity contribution in [1.82, 2.24) is 29.9 Å². The Bertz CT molecular complexity index is 1770. The van der Waals surface area contributed by atoms with Gasteiger partial charge in [0.1, 0.15) is 12.1 Å². The molecule has 5 heterocycles. The van der Waals surface area contributed by atoms with Crippen LogP contribution in [-0.4, -0.2) is 50.5 Å². The van der Waals surface area contributed by atoms with E-state index < -0.39 is 11.6 Å². The van der Waals surface area contributed by atoms with E-state index in [0.717, 1.165) is 46.3 Å². The molecule has 3 aromatic heterocycles. The van der Waals surface area contributed by atoms with Crippen LogP contribution in [0.5, 0.6) is 0 Å². The first kappa shape index (κ1) is 25.6. The van der Waals surface area contributed by atoms with E-state index in [0.29, 0.717) is 29.8 Å². The molecule has 0 radical (unpaired) electrons. The van der Waals surface area contributed by atoms with Crippen LogP contribution in [0.15, 0.2) is 54.7 Å². The minimum absolute atomic E-state index is 0.0474. The molecule has 2 saturated heterocycles. The van der Waals surface area contributed by atoms with Gasteiger partial charge in [0, 0.05) is 43.0 Å². The van der Waals surface area contributed by atoms with Gasteiger partial charge in [-0.15, -0.1) is 5.10 Å². The molecule has 2 fully saturated rings. The van der Waals surface area contributed by atoms with E-state index >= 15 is 4.39 Å². The molecule has 10 heteroatoms. The van der Waals surface area contributed by atoms with Gasteiger partial charge in [0.05, 0.1) is 34.0 Å². The first-order valence-electron chi connectivity index (χ1n) is 13.9. The molecule has 2 aliphatic heterocycles. The molecule has 7 rings (SSSR count). The van der Waals surface area contributed by atoms with Crippen LogP contribution in [0.25, 0.3) is 33.2 Å². The first-order valence-corrected chi connectivity index (χ1v) is 13.9. The van der Waals surface area contributed by atoms with E-state index in [2.05, 4.69) is 38.4 Å². The fraction of sp³-hybridized carbons (Fsp3) is 0.355. The third-order valence-corrected chi connectivity index (χ3v) is 8.60. The molecule has 5 aromatic rings.